The molecular weight excluding hydrogens is 278 g/mol. The van der Waals surface area contributed by atoms with Crippen molar-refractivity contribution in [3.63, 3.8) is 0 Å². The molecule has 0 aliphatic carbocycles. The van der Waals surface area contributed by atoms with Gasteiger partial charge in [-0.25, -0.2) is 0 Å². The molecular formula is C17H31NO2Si. The second-order valence-corrected chi connectivity index (χ2v) is 11.7. The van der Waals surface area contributed by atoms with Crippen molar-refractivity contribution in [1.82, 2.24) is 0 Å². The number of nitrogens with two attached hydrogens (primary N) is 1. The van der Waals surface area contributed by atoms with Gasteiger partial charge in [-0.1, -0.05) is 80.3 Å². The summed E-state index contributed by atoms with van der Waals surface area (Å²) in [6, 6.07) is 12.2. The summed E-state index contributed by atoms with van der Waals surface area (Å²) in [5, 5.41) is 19.8. The quantitative estimate of drug-likeness (QED) is 0.459. The Kier molecular flexibility index (Phi) is 7.60. The molecule has 4 N–H and O–H groups in total. The van der Waals surface area contributed by atoms with Crippen LogP contribution in [-0.4, -0.2) is 37.0 Å². The first-order valence-electron chi connectivity index (χ1n) is 8.00. The Morgan fingerprint density at radius 1 is 0.952 bits per heavy atom. The smallest absolute Gasteiger partial charge is 0.0806 e. The fourth-order valence-corrected chi connectivity index (χ4v) is 5.16. The Morgan fingerprint density at radius 2 is 1.52 bits per heavy atom. The summed E-state index contributed by atoms with van der Waals surface area (Å²) in [5.41, 5.74) is 5.07. The van der Waals surface area contributed by atoms with Gasteiger partial charge in [-0.3, -0.25) is 0 Å². The monoisotopic (exact) mass is 309 g/mol. The van der Waals surface area contributed by atoms with Crippen LogP contribution in [0.1, 0.15) is 32.1 Å². The first-order chi connectivity index (χ1) is 9.93. The summed E-state index contributed by atoms with van der Waals surface area (Å²) in [5.74, 6) is 0. The molecule has 0 saturated carbocycles. The molecule has 0 heterocycles. The summed E-state index contributed by atoms with van der Waals surface area (Å²) in [4.78, 5) is 0. The van der Waals surface area contributed by atoms with E-state index < -0.39 is 13.6 Å². The van der Waals surface area contributed by atoms with Crippen LogP contribution in [0.4, 0.5) is 0 Å². The van der Waals surface area contributed by atoms with Crippen LogP contribution in [0.25, 0.3) is 0 Å². The fraction of sp³-hybridized carbons (Fsp3) is 0.647. The van der Waals surface area contributed by atoms with Gasteiger partial charge in [0.1, 0.15) is 0 Å². The van der Waals surface area contributed by atoms with E-state index in [1.54, 1.807) is 0 Å². The van der Waals surface area contributed by atoms with Gasteiger partial charge >= 0.3 is 0 Å². The van der Waals surface area contributed by atoms with E-state index in [2.05, 4.69) is 43.4 Å². The number of benzene rings is 1. The van der Waals surface area contributed by atoms with Crippen LogP contribution in [0.2, 0.25) is 19.1 Å². The predicted molar refractivity (Wildman–Crippen MR) is 92.5 cm³/mol. The average molecular weight is 310 g/mol. The van der Waals surface area contributed by atoms with Crippen molar-refractivity contribution in [3.8, 4) is 0 Å². The molecule has 0 aliphatic rings. The van der Waals surface area contributed by atoms with Gasteiger partial charge in [-0.15, -0.1) is 0 Å². The van der Waals surface area contributed by atoms with Gasteiger partial charge in [0.25, 0.3) is 0 Å². The van der Waals surface area contributed by atoms with Gasteiger partial charge in [0.05, 0.1) is 26.8 Å². The average Bonchev–Trinajstić information content (AvgIpc) is 2.51. The standard InChI is InChI=1S/C17H31NO2Si/c1-21(2,16-10-6-5-7-11-16)13-9-4-3-8-12-17(18,14-19)15-20/h5-7,10-11,19-20H,3-4,8-9,12-15,18H2,1-2H3. The van der Waals surface area contributed by atoms with E-state index in [0.717, 1.165) is 12.8 Å². The highest BCUT2D eigenvalue weighted by molar-refractivity contribution is 6.89. The molecule has 0 spiro atoms. The first-order valence-corrected chi connectivity index (χ1v) is 11.2. The summed E-state index contributed by atoms with van der Waals surface area (Å²) < 4.78 is 0. The maximum Gasteiger partial charge on any atom is 0.0806 e. The molecule has 0 fully saturated rings. The molecule has 0 unspecified atom stereocenters. The van der Waals surface area contributed by atoms with Crippen molar-refractivity contribution >= 4 is 13.3 Å². The van der Waals surface area contributed by atoms with E-state index in [9.17, 15) is 0 Å². The fourth-order valence-electron chi connectivity index (χ4n) is 2.64. The molecule has 0 aromatic heterocycles. The van der Waals surface area contributed by atoms with E-state index in [1.165, 1.54) is 24.1 Å². The lowest BCUT2D eigenvalue weighted by Gasteiger charge is -2.25. The van der Waals surface area contributed by atoms with Crippen LogP contribution in [-0.2, 0) is 0 Å². The Labute approximate surface area is 130 Å². The van der Waals surface area contributed by atoms with Gasteiger partial charge in [0.2, 0.25) is 0 Å². The van der Waals surface area contributed by atoms with Gasteiger partial charge in [-0.05, 0) is 6.42 Å². The minimum Gasteiger partial charge on any atom is -0.394 e. The summed E-state index contributed by atoms with van der Waals surface area (Å²) in [6.07, 6.45) is 5.25. The second-order valence-electron chi connectivity index (χ2n) is 6.84. The van der Waals surface area contributed by atoms with Crippen molar-refractivity contribution in [2.75, 3.05) is 13.2 Å². The molecule has 0 aliphatic heterocycles. The highest BCUT2D eigenvalue weighted by atomic mass is 28.3. The minimum absolute atomic E-state index is 0.141. The van der Waals surface area contributed by atoms with Crippen LogP contribution in [0.5, 0.6) is 0 Å². The molecule has 0 saturated heterocycles. The molecule has 21 heavy (non-hydrogen) atoms. The molecule has 1 rings (SSSR count). The molecule has 4 heteroatoms. The van der Waals surface area contributed by atoms with Crippen molar-refractivity contribution in [2.24, 2.45) is 5.73 Å². The third kappa shape index (κ3) is 6.30. The SMILES string of the molecule is C[Si](C)(CCCCCCC(N)(CO)CO)c1ccccc1. The Hall–Kier alpha value is -0.683. The van der Waals surface area contributed by atoms with Gasteiger partial charge in [0, 0.05) is 0 Å². The van der Waals surface area contributed by atoms with Crippen LogP contribution < -0.4 is 10.9 Å². The molecule has 0 radical (unpaired) electrons. The van der Waals surface area contributed by atoms with Crippen LogP contribution in [0, 0.1) is 0 Å². The van der Waals surface area contributed by atoms with Crippen LogP contribution in [0.3, 0.4) is 0 Å². The lowest BCUT2D eigenvalue weighted by atomic mass is 9.95. The van der Waals surface area contributed by atoms with E-state index in [0.29, 0.717) is 6.42 Å². The third-order valence-corrected chi connectivity index (χ3v) is 7.91. The van der Waals surface area contributed by atoms with Gasteiger partial charge < -0.3 is 15.9 Å². The van der Waals surface area contributed by atoms with Gasteiger partial charge in [0.15, 0.2) is 0 Å². The second kappa shape index (κ2) is 8.69. The molecule has 0 atom stereocenters. The summed E-state index contributed by atoms with van der Waals surface area (Å²) >= 11 is 0. The molecule has 0 amide bonds. The maximum atomic E-state index is 9.14. The van der Waals surface area contributed by atoms with E-state index in [-0.39, 0.29) is 13.2 Å². The molecule has 1 aromatic rings. The number of hydrogen-bond donors (Lipinski definition) is 3. The topological polar surface area (TPSA) is 66.5 Å². The zero-order chi connectivity index (χ0) is 15.8. The van der Waals surface area contributed by atoms with Crippen molar-refractivity contribution in [3.05, 3.63) is 30.3 Å². The Bertz CT molecular complexity index is 391. The zero-order valence-corrected chi connectivity index (χ0v) is 14.5. The van der Waals surface area contributed by atoms with Gasteiger partial charge in [-0.2, -0.15) is 0 Å². The number of aliphatic hydroxyl groups is 2. The molecule has 1 aromatic carbocycles. The van der Waals surface area contributed by atoms with Crippen LogP contribution in [0.15, 0.2) is 30.3 Å². The normalized spacial score (nSPS) is 12.6. The largest absolute Gasteiger partial charge is 0.394 e. The Balaban J connectivity index is 2.22. The van der Waals surface area contributed by atoms with E-state index >= 15 is 0 Å². The Morgan fingerprint density at radius 3 is 2.10 bits per heavy atom. The lowest BCUT2D eigenvalue weighted by molar-refractivity contribution is 0.112. The number of rotatable bonds is 10. The molecule has 3 nitrogen and oxygen atoms in total. The van der Waals surface area contributed by atoms with Crippen LogP contribution >= 0.6 is 0 Å². The number of unbranched alkanes of at least 4 members (excludes halogenated alkanes) is 3. The lowest BCUT2D eigenvalue weighted by Crippen LogP contribution is -2.47. The van der Waals surface area contributed by atoms with Crippen molar-refractivity contribution in [2.45, 2.75) is 56.8 Å². The number of aliphatic hydroxyl groups excluding tert-OH is 2. The predicted octanol–water partition coefficient (Wildman–Crippen LogP) is 2.23. The molecule has 120 valence electrons. The summed E-state index contributed by atoms with van der Waals surface area (Å²) in [6.45, 7) is 4.59. The van der Waals surface area contributed by atoms with Crippen molar-refractivity contribution in [1.29, 1.82) is 0 Å². The number of hydrogen-bond acceptors (Lipinski definition) is 3. The zero-order valence-electron chi connectivity index (χ0n) is 13.5. The third-order valence-electron chi connectivity index (χ3n) is 4.41. The van der Waals surface area contributed by atoms with E-state index in [4.69, 9.17) is 15.9 Å². The van der Waals surface area contributed by atoms with E-state index in [1.807, 2.05) is 0 Å². The first kappa shape index (κ1) is 18.4. The highest BCUT2D eigenvalue weighted by Crippen LogP contribution is 2.17. The van der Waals surface area contributed by atoms with Crippen molar-refractivity contribution < 1.29 is 10.2 Å². The minimum atomic E-state index is -1.29. The maximum absolute atomic E-state index is 9.14. The summed E-state index contributed by atoms with van der Waals surface area (Å²) in [7, 11) is -1.29. The highest BCUT2D eigenvalue weighted by Gasteiger charge is 2.23. The molecule has 0 bridgehead atoms.